The fourth-order valence-corrected chi connectivity index (χ4v) is 3.25. The van der Waals surface area contributed by atoms with Gasteiger partial charge in [0, 0.05) is 17.3 Å². The summed E-state index contributed by atoms with van der Waals surface area (Å²) in [6, 6.07) is 12.6. The number of carbonyl (C=O) groups excluding carboxylic acids is 1. The minimum absolute atomic E-state index is 0.166. The third-order valence-electron chi connectivity index (χ3n) is 4.81. The summed E-state index contributed by atoms with van der Waals surface area (Å²) in [5.74, 6) is -0.543. The van der Waals surface area contributed by atoms with Crippen molar-refractivity contribution in [2.24, 2.45) is 0 Å². The molecule has 0 amide bonds. The molecule has 2 heterocycles. The lowest BCUT2D eigenvalue weighted by Crippen LogP contribution is -2.35. The van der Waals surface area contributed by atoms with Crippen molar-refractivity contribution in [3.63, 3.8) is 0 Å². The number of rotatable bonds is 4. The van der Waals surface area contributed by atoms with E-state index in [1.54, 1.807) is 29.2 Å². The molecule has 6 nitrogen and oxygen atoms in total. The summed E-state index contributed by atoms with van der Waals surface area (Å²) in [5.41, 5.74) is 1.84. The van der Waals surface area contributed by atoms with E-state index in [0.29, 0.717) is 28.6 Å². The summed E-state index contributed by atoms with van der Waals surface area (Å²) in [6.07, 6.45) is 3.32. The normalized spacial score (nSPS) is 11.7. The molecule has 152 valence electrons. The largest absolute Gasteiger partial charge is 0.289 e. The zero-order valence-corrected chi connectivity index (χ0v) is 17.0. The molecule has 0 aliphatic carbocycles. The Morgan fingerprint density at radius 1 is 1.00 bits per heavy atom. The maximum Gasteiger partial charge on any atom is 0.278 e. The lowest BCUT2D eigenvalue weighted by atomic mass is 10.0. The zero-order chi connectivity index (χ0) is 21.5. The molecule has 0 atom stereocenters. The van der Waals surface area contributed by atoms with Gasteiger partial charge in [-0.15, -0.1) is 0 Å². The molecule has 0 fully saturated rings. The number of halogens is 1. The lowest BCUT2D eigenvalue weighted by molar-refractivity contribution is 0.103. The van der Waals surface area contributed by atoms with Crippen molar-refractivity contribution in [3.05, 3.63) is 93.8 Å². The molecular formula is C23H21FN4O2. The van der Waals surface area contributed by atoms with Gasteiger partial charge in [-0.05, 0) is 50.6 Å². The van der Waals surface area contributed by atoms with Crippen LogP contribution in [0.15, 0.2) is 65.7 Å². The first-order chi connectivity index (χ1) is 14.2. The SMILES string of the molecule is CC(C)(C)n1ncc2nn(Cc3ccc(C(=O)c4ccc(F)cc4)cc3)cc2c1=O. The molecular weight excluding hydrogens is 383 g/mol. The summed E-state index contributed by atoms with van der Waals surface area (Å²) in [6.45, 7) is 6.22. The van der Waals surface area contributed by atoms with E-state index in [4.69, 9.17) is 0 Å². The molecule has 0 aliphatic rings. The van der Waals surface area contributed by atoms with E-state index in [2.05, 4.69) is 10.2 Å². The van der Waals surface area contributed by atoms with Crippen LogP contribution in [-0.2, 0) is 12.1 Å². The fraction of sp³-hybridized carbons (Fsp3) is 0.217. The highest BCUT2D eigenvalue weighted by Gasteiger charge is 2.18. The molecule has 7 heteroatoms. The molecule has 4 rings (SSSR count). The second kappa shape index (κ2) is 7.33. The average molecular weight is 404 g/mol. The van der Waals surface area contributed by atoms with Crippen LogP contribution in [0.3, 0.4) is 0 Å². The highest BCUT2D eigenvalue weighted by Crippen LogP contribution is 2.15. The molecule has 0 radical (unpaired) electrons. The molecule has 0 aliphatic heterocycles. The molecule has 0 unspecified atom stereocenters. The van der Waals surface area contributed by atoms with E-state index < -0.39 is 5.54 Å². The smallest absolute Gasteiger partial charge is 0.278 e. The molecule has 0 N–H and O–H groups in total. The van der Waals surface area contributed by atoms with E-state index in [0.717, 1.165) is 5.56 Å². The lowest BCUT2D eigenvalue weighted by Gasteiger charge is -2.19. The summed E-state index contributed by atoms with van der Waals surface area (Å²) < 4.78 is 16.2. The van der Waals surface area contributed by atoms with Crippen LogP contribution in [0.25, 0.3) is 10.9 Å². The number of benzene rings is 2. The van der Waals surface area contributed by atoms with Gasteiger partial charge in [0.25, 0.3) is 5.56 Å². The Morgan fingerprint density at radius 2 is 1.60 bits per heavy atom. The van der Waals surface area contributed by atoms with Crippen molar-refractivity contribution in [1.29, 1.82) is 0 Å². The number of hydrogen-bond donors (Lipinski definition) is 0. The Kier molecular flexibility index (Phi) is 4.81. The first kappa shape index (κ1) is 19.7. The minimum atomic E-state index is -0.416. The van der Waals surface area contributed by atoms with Gasteiger partial charge in [-0.2, -0.15) is 10.2 Å². The molecule has 0 saturated heterocycles. The van der Waals surface area contributed by atoms with Gasteiger partial charge in [-0.25, -0.2) is 9.07 Å². The van der Waals surface area contributed by atoms with Crippen molar-refractivity contribution in [2.45, 2.75) is 32.9 Å². The average Bonchev–Trinajstić information content (AvgIpc) is 3.11. The Balaban J connectivity index is 1.57. The van der Waals surface area contributed by atoms with Crippen LogP contribution in [-0.4, -0.2) is 25.3 Å². The number of fused-ring (bicyclic) bond motifs is 1. The van der Waals surface area contributed by atoms with Crippen molar-refractivity contribution in [1.82, 2.24) is 19.6 Å². The summed E-state index contributed by atoms with van der Waals surface area (Å²) in [5, 5.41) is 9.19. The summed E-state index contributed by atoms with van der Waals surface area (Å²) in [7, 11) is 0. The summed E-state index contributed by atoms with van der Waals surface area (Å²) >= 11 is 0. The second-order valence-corrected chi connectivity index (χ2v) is 8.19. The van der Waals surface area contributed by atoms with Crippen LogP contribution in [0.5, 0.6) is 0 Å². The highest BCUT2D eigenvalue weighted by atomic mass is 19.1. The molecule has 0 spiro atoms. The quantitative estimate of drug-likeness (QED) is 0.486. The van der Waals surface area contributed by atoms with Crippen LogP contribution in [0.1, 0.15) is 42.3 Å². The molecule has 30 heavy (non-hydrogen) atoms. The van der Waals surface area contributed by atoms with E-state index >= 15 is 0 Å². The minimum Gasteiger partial charge on any atom is -0.289 e. The van der Waals surface area contributed by atoms with Crippen LogP contribution >= 0.6 is 0 Å². The van der Waals surface area contributed by atoms with Gasteiger partial charge >= 0.3 is 0 Å². The molecule has 2 aromatic heterocycles. The van der Waals surface area contributed by atoms with Gasteiger partial charge in [0.05, 0.1) is 23.7 Å². The number of carbonyl (C=O) groups is 1. The van der Waals surface area contributed by atoms with Gasteiger partial charge in [0.2, 0.25) is 0 Å². The molecule has 2 aromatic carbocycles. The van der Waals surface area contributed by atoms with E-state index in [1.165, 1.54) is 28.9 Å². The van der Waals surface area contributed by atoms with Crippen LogP contribution in [0, 0.1) is 5.82 Å². The predicted molar refractivity (Wildman–Crippen MR) is 112 cm³/mol. The maximum absolute atomic E-state index is 13.1. The molecule has 4 aromatic rings. The Labute approximate surface area is 172 Å². The topological polar surface area (TPSA) is 69.8 Å². The van der Waals surface area contributed by atoms with E-state index in [9.17, 15) is 14.0 Å². The standard InChI is InChI=1S/C23H21FN4O2/c1-23(2,3)28-22(30)19-14-27(26-20(19)12-25-28)13-15-4-6-16(7-5-15)21(29)17-8-10-18(24)11-9-17/h4-12,14H,13H2,1-3H3. The van der Waals surface area contributed by atoms with Crippen LogP contribution < -0.4 is 5.56 Å². The monoisotopic (exact) mass is 404 g/mol. The van der Waals surface area contributed by atoms with Gasteiger partial charge in [0.15, 0.2) is 5.78 Å². The Hall–Kier alpha value is -3.61. The van der Waals surface area contributed by atoms with Crippen LogP contribution in [0.4, 0.5) is 4.39 Å². The number of ketones is 1. The van der Waals surface area contributed by atoms with Crippen LogP contribution in [0.2, 0.25) is 0 Å². The third kappa shape index (κ3) is 3.78. The Bertz CT molecular complexity index is 1280. The van der Waals surface area contributed by atoms with Crippen molar-refractivity contribution in [3.8, 4) is 0 Å². The van der Waals surface area contributed by atoms with Crippen molar-refractivity contribution in [2.75, 3.05) is 0 Å². The van der Waals surface area contributed by atoms with Crippen molar-refractivity contribution < 1.29 is 9.18 Å². The highest BCUT2D eigenvalue weighted by molar-refractivity contribution is 6.08. The van der Waals surface area contributed by atoms with E-state index in [-0.39, 0.29) is 17.2 Å². The fourth-order valence-electron chi connectivity index (χ4n) is 3.25. The maximum atomic E-state index is 13.1. The predicted octanol–water partition coefficient (Wildman–Crippen LogP) is 3.77. The first-order valence-electron chi connectivity index (χ1n) is 9.57. The summed E-state index contributed by atoms with van der Waals surface area (Å²) in [4.78, 5) is 25.2. The Morgan fingerprint density at radius 3 is 2.20 bits per heavy atom. The van der Waals surface area contributed by atoms with Crippen molar-refractivity contribution >= 4 is 16.7 Å². The third-order valence-corrected chi connectivity index (χ3v) is 4.81. The number of hydrogen-bond acceptors (Lipinski definition) is 4. The van der Waals surface area contributed by atoms with Gasteiger partial charge < -0.3 is 0 Å². The molecule has 0 bridgehead atoms. The number of aromatic nitrogens is 4. The van der Waals surface area contributed by atoms with E-state index in [1.807, 2.05) is 32.9 Å². The second-order valence-electron chi connectivity index (χ2n) is 8.19. The van der Waals surface area contributed by atoms with Gasteiger partial charge in [-0.3, -0.25) is 14.3 Å². The zero-order valence-electron chi connectivity index (χ0n) is 17.0. The molecule has 0 saturated carbocycles. The van der Waals surface area contributed by atoms with Gasteiger partial charge in [-0.1, -0.05) is 24.3 Å². The number of nitrogens with zero attached hydrogens (tertiary/aromatic N) is 4. The first-order valence-corrected chi connectivity index (χ1v) is 9.57. The van der Waals surface area contributed by atoms with Gasteiger partial charge in [0.1, 0.15) is 11.3 Å².